The van der Waals surface area contributed by atoms with Crippen molar-refractivity contribution in [2.45, 2.75) is 0 Å². The number of nitrogens with zero attached hydrogens (tertiary/aromatic N) is 1. The van der Waals surface area contributed by atoms with Crippen LogP contribution in [0, 0.1) is 0 Å². The molecule has 1 heterocycles. The average molecular weight is 185 g/mol. The molecule has 2 aromatic rings. The molecule has 3 heteroatoms. The van der Waals surface area contributed by atoms with Gasteiger partial charge in [-0.2, -0.15) is 0 Å². The lowest BCUT2D eigenvalue weighted by atomic mass is 10.1. The number of nitrogen functional groups attached to an aromatic ring is 1. The van der Waals surface area contributed by atoms with Crippen molar-refractivity contribution in [1.82, 2.24) is 4.98 Å². The van der Waals surface area contributed by atoms with E-state index < -0.39 is 0 Å². The van der Waals surface area contributed by atoms with Gasteiger partial charge in [-0.25, -0.2) is 0 Å². The number of benzene rings is 1. The molecule has 70 valence electrons. The van der Waals surface area contributed by atoms with Gasteiger partial charge >= 0.3 is 0 Å². The average Bonchev–Trinajstić information content (AvgIpc) is 2.30. The molecule has 0 atom stereocenters. The third-order valence-electron chi connectivity index (χ3n) is 2.02. The fraction of sp³-hybridized carbons (Fsp3) is 0. The van der Waals surface area contributed by atoms with Crippen LogP contribution < -0.4 is 11.3 Å². The normalized spacial score (nSPS) is 9.79. The Bertz CT molecular complexity index is 412. The van der Waals surface area contributed by atoms with Crippen molar-refractivity contribution >= 4 is 5.69 Å². The summed E-state index contributed by atoms with van der Waals surface area (Å²) in [6.45, 7) is 0. The van der Waals surface area contributed by atoms with Gasteiger partial charge in [0.15, 0.2) is 0 Å². The van der Waals surface area contributed by atoms with Crippen LogP contribution in [-0.4, -0.2) is 4.98 Å². The molecule has 0 aliphatic carbocycles. The third-order valence-corrected chi connectivity index (χ3v) is 2.02. The van der Waals surface area contributed by atoms with Crippen LogP contribution in [0.1, 0.15) is 0 Å². The lowest BCUT2D eigenvalue weighted by molar-refractivity contribution is 1.32. The zero-order valence-electron chi connectivity index (χ0n) is 7.64. The summed E-state index contributed by atoms with van der Waals surface area (Å²) in [5.41, 5.74) is 5.70. The van der Waals surface area contributed by atoms with Gasteiger partial charge in [-0.1, -0.05) is 18.2 Å². The Labute approximate surface area is 82.6 Å². The van der Waals surface area contributed by atoms with E-state index in [1.54, 1.807) is 6.20 Å². The van der Waals surface area contributed by atoms with Crippen molar-refractivity contribution in [3.05, 3.63) is 48.8 Å². The van der Waals surface area contributed by atoms with Crippen molar-refractivity contribution < 1.29 is 0 Å². The minimum absolute atomic E-state index is 0.895. The number of hydrazine groups is 1. The van der Waals surface area contributed by atoms with Gasteiger partial charge in [-0.05, 0) is 23.8 Å². The SMILES string of the molecule is NNc1cccc(-c2cccnc2)c1. The second kappa shape index (κ2) is 3.89. The summed E-state index contributed by atoms with van der Waals surface area (Å²) >= 11 is 0. The van der Waals surface area contributed by atoms with E-state index in [0.717, 1.165) is 16.8 Å². The Balaban J connectivity index is 2.42. The van der Waals surface area contributed by atoms with Gasteiger partial charge in [0.05, 0.1) is 0 Å². The first-order chi connectivity index (χ1) is 6.90. The highest BCUT2D eigenvalue weighted by atomic mass is 15.2. The molecule has 2 rings (SSSR count). The Hall–Kier alpha value is -1.87. The molecule has 0 aliphatic heterocycles. The van der Waals surface area contributed by atoms with Crippen molar-refractivity contribution in [3.8, 4) is 11.1 Å². The minimum atomic E-state index is 0.895. The number of nitrogens with two attached hydrogens (primary N) is 1. The van der Waals surface area contributed by atoms with Crippen molar-refractivity contribution in [2.24, 2.45) is 5.84 Å². The van der Waals surface area contributed by atoms with E-state index in [0.29, 0.717) is 0 Å². The Morgan fingerprint density at radius 3 is 2.64 bits per heavy atom. The van der Waals surface area contributed by atoms with Gasteiger partial charge in [0.2, 0.25) is 0 Å². The monoisotopic (exact) mass is 185 g/mol. The molecule has 3 N–H and O–H groups in total. The maximum absolute atomic E-state index is 5.33. The van der Waals surface area contributed by atoms with Crippen LogP contribution in [0.2, 0.25) is 0 Å². The molecule has 0 radical (unpaired) electrons. The third kappa shape index (κ3) is 1.72. The summed E-state index contributed by atoms with van der Waals surface area (Å²) in [5.74, 6) is 5.33. The molecule has 3 nitrogen and oxygen atoms in total. The van der Waals surface area contributed by atoms with Crippen LogP contribution in [0.4, 0.5) is 5.69 Å². The number of nitrogens with one attached hydrogen (secondary N) is 1. The number of anilines is 1. The standard InChI is InChI=1S/C11H11N3/c12-14-11-5-1-3-9(7-11)10-4-2-6-13-8-10/h1-8,14H,12H2. The van der Waals surface area contributed by atoms with Gasteiger partial charge in [-0.3, -0.25) is 10.8 Å². The summed E-state index contributed by atoms with van der Waals surface area (Å²) in [5, 5.41) is 0. The zero-order chi connectivity index (χ0) is 9.80. The Morgan fingerprint density at radius 1 is 1.07 bits per heavy atom. The van der Waals surface area contributed by atoms with Crippen LogP contribution >= 0.6 is 0 Å². The lowest BCUT2D eigenvalue weighted by Crippen LogP contribution is -2.06. The molecular weight excluding hydrogens is 174 g/mol. The molecule has 0 spiro atoms. The van der Waals surface area contributed by atoms with Crippen LogP contribution in [0.3, 0.4) is 0 Å². The molecule has 1 aromatic heterocycles. The van der Waals surface area contributed by atoms with E-state index in [4.69, 9.17) is 5.84 Å². The first kappa shape index (κ1) is 8.72. The number of hydrogen-bond donors (Lipinski definition) is 2. The number of aromatic nitrogens is 1. The van der Waals surface area contributed by atoms with E-state index in [2.05, 4.69) is 10.4 Å². The maximum Gasteiger partial charge on any atom is 0.0491 e. The molecule has 0 saturated heterocycles. The van der Waals surface area contributed by atoms with Crippen LogP contribution in [0.5, 0.6) is 0 Å². The van der Waals surface area contributed by atoms with E-state index in [1.165, 1.54) is 0 Å². The van der Waals surface area contributed by atoms with Gasteiger partial charge in [0.1, 0.15) is 0 Å². The van der Waals surface area contributed by atoms with E-state index in [9.17, 15) is 0 Å². The van der Waals surface area contributed by atoms with Gasteiger partial charge in [-0.15, -0.1) is 0 Å². The maximum atomic E-state index is 5.33. The first-order valence-electron chi connectivity index (χ1n) is 4.37. The summed E-state index contributed by atoms with van der Waals surface area (Å²) in [6.07, 6.45) is 3.59. The van der Waals surface area contributed by atoms with Crippen LogP contribution in [0.15, 0.2) is 48.8 Å². The minimum Gasteiger partial charge on any atom is -0.324 e. The van der Waals surface area contributed by atoms with Crippen molar-refractivity contribution in [2.75, 3.05) is 5.43 Å². The second-order valence-corrected chi connectivity index (χ2v) is 2.97. The predicted octanol–water partition coefficient (Wildman–Crippen LogP) is 2.03. The fourth-order valence-corrected chi connectivity index (χ4v) is 1.32. The molecular formula is C11H11N3. The molecule has 0 aliphatic rings. The van der Waals surface area contributed by atoms with Gasteiger partial charge in [0, 0.05) is 23.6 Å². The number of pyridine rings is 1. The topological polar surface area (TPSA) is 50.9 Å². The van der Waals surface area contributed by atoms with Gasteiger partial charge in [0.25, 0.3) is 0 Å². The molecule has 0 unspecified atom stereocenters. The Morgan fingerprint density at radius 2 is 1.93 bits per heavy atom. The van der Waals surface area contributed by atoms with Gasteiger partial charge < -0.3 is 5.43 Å². The molecule has 14 heavy (non-hydrogen) atoms. The first-order valence-corrected chi connectivity index (χ1v) is 4.37. The Kier molecular flexibility index (Phi) is 2.42. The van der Waals surface area contributed by atoms with Crippen molar-refractivity contribution in [3.63, 3.8) is 0 Å². The molecule has 0 saturated carbocycles. The summed E-state index contributed by atoms with van der Waals surface area (Å²) < 4.78 is 0. The summed E-state index contributed by atoms with van der Waals surface area (Å²) in [7, 11) is 0. The predicted molar refractivity (Wildman–Crippen MR) is 57.5 cm³/mol. The molecule has 0 bridgehead atoms. The fourth-order valence-electron chi connectivity index (χ4n) is 1.32. The molecule has 0 amide bonds. The summed E-state index contributed by atoms with van der Waals surface area (Å²) in [6, 6.07) is 11.8. The zero-order valence-corrected chi connectivity index (χ0v) is 7.64. The summed E-state index contributed by atoms with van der Waals surface area (Å²) in [4.78, 5) is 4.06. The van der Waals surface area contributed by atoms with E-state index >= 15 is 0 Å². The highest BCUT2D eigenvalue weighted by Crippen LogP contribution is 2.20. The van der Waals surface area contributed by atoms with E-state index in [-0.39, 0.29) is 0 Å². The largest absolute Gasteiger partial charge is 0.324 e. The highest BCUT2D eigenvalue weighted by molar-refractivity contribution is 5.66. The molecule has 0 fully saturated rings. The molecule has 1 aromatic carbocycles. The smallest absolute Gasteiger partial charge is 0.0491 e. The van der Waals surface area contributed by atoms with E-state index in [1.807, 2.05) is 42.6 Å². The quantitative estimate of drug-likeness (QED) is 0.556. The van der Waals surface area contributed by atoms with Crippen LogP contribution in [-0.2, 0) is 0 Å². The number of hydrogen-bond acceptors (Lipinski definition) is 3. The second-order valence-electron chi connectivity index (χ2n) is 2.97. The number of rotatable bonds is 2. The van der Waals surface area contributed by atoms with Crippen molar-refractivity contribution in [1.29, 1.82) is 0 Å². The van der Waals surface area contributed by atoms with Crippen LogP contribution in [0.25, 0.3) is 11.1 Å². The highest BCUT2D eigenvalue weighted by Gasteiger charge is 1.97. The lowest BCUT2D eigenvalue weighted by Gasteiger charge is -2.03.